The Morgan fingerprint density at radius 3 is 2.12 bits per heavy atom. The van der Waals surface area contributed by atoms with Crippen LogP contribution in [0.5, 0.6) is 5.75 Å². The third-order valence-electron chi connectivity index (χ3n) is 3.08. The van der Waals surface area contributed by atoms with Crippen LogP contribution in [0.3, 0.4) is 0 Å². The van der Waals surface area contributed by atoms with Crippen molar-refractivity contribution in [3.63, 3.8) is 0 Å². The van der Waals surface area contributed by atoms with Crippen molar-refractivity contribution < 1.29 is 19.1 Å². The lowest BCUT2D eigenvalue weighted by molar-refractivity contribution is -0.166. The van der Waals surface area contributed by atoms with Gasteiger partial charge in [0.1, 0.15) is 5.75 Å². The molecule has 90 valence electrons. The van der Waals surface area contributed by atoms with Crippen LogP contribution in [0.4, 0.5) is 0 Å². The fourth-order valence-corrected chi connectivity index (χ4v) is 2.10. The normalized spacial score (nSPS) is 18.7. The molecule has 4 nitrogen and oxygen atoms in total. The number of rotatable bonds is 2. The molecule has 0 unspecified atom stereocenters. The molecule has 0 amide bonds. The first-order valence-electron chi connectivity index (χ1n) is 5.41. The van der Waals surface area contributed by atoms with Crippen LogP contribution in [-0.2, 0) is 19.7 Å². The molecule has 1 aliphatic rings. The fourth-order valence-electron chi connectivity index (χ4n) is 2.10. The lowest BCUT2D eigenvalue weighted by Crippen LogP contribution is -2.36. The summed E-state index contributed by atoms with van der Waals surface area (Å²) in [5.41, 5.74) is 0.474. The Bertz CT molecular complexity index is 431. The van der Waals surface area contributed by atoms with Crippen LogP contribution in [0.2, 0.25) is 0 Å². The smallest absolute Gasteiger partial charge is 0.314 e. The Labute approximate surface area is 99.5 Å². The highest BCUT2D eigenvalue weighted by molar-refractivity contribution is 5.90. The molecule has 1 saturated heterocycles. The maximum Gasteiger partial charge on any atom is 0.314 e. The second-order valence-corrected chi connectivity index (χ2v) is 4.49. The van der Waals surface area contributed by atoms with Gasteiger partial charge >= 0.3 is 11.9 Å². The highest BCUT2D eigenvalue weighted by atomic mass is 16.6. The number of hydrogen-bond donors (Lipinski definition) is 0. The Morgan fingerprint density at radius 2 is 1.65 bits per heavy atom. The molecule has 0 atom stereocenters. The van der Waals surface area contributed by atoms with E-state index in [1.54, 1.807) is 7.11 Å². The standard InChI is InChI=1S/C13H14O4/c1-13(7-11(14)17-12(15)8-13)9-3-5-10(16-2)6-4-9/h3-6H,7-8H2,1-2H3. The fraction of sp³-hybridized carbons (Fsp3) is 0.385. The highest BCUT2D eigenvalue weighted by Crippen LogP contribution is 2.35. The SMILES string of the molecule is COc1ccc(C2(C)CC(=O)OC(=O)C2)cc1. The zero-order valence-electron chi connectivity index (χ0n) is 9.86. The van der Waals surface area contributed by atoms with Crippen LogP contribution in [0.15, 0.2) is 24.3 Å². The monoisotopic (exact) mass is 234 g/mol. The molecular formula is C13H14O4. The third kappa shape index (κ3) is 2.30. The van der Waals surface area contributed by atoms with Gasteiger partial charge < -0.3 is 9.47 Å². The van der Waals surface area contributed by atoms with Gasteiger partial charge in [0.2, 0.25) is 0 Å². The molecular weight excluding hydrogens is 220 g/mol. The first-order chi connectivity index (χ1) is 8.03. The summed E-state index contributed by atoms with van der Waals surface area (Å²) < 4.78 is 9.62. The Hall–Kier alpha value is -1.84. The molecule has 0 aliphatic carbocycles. The summed E-state index contributed by atoms with van der Waals surface area (Å²) in [5, 5.41) is 0. The van der Waals surface area contributed by atoms with Crippen molar-refractivity contribution in [2.45, 2.75) is 25.2 Å². The van der Waals surface area contributed by atoms with Crippen molar-refractivity contribution in [2.24, 2.45) is 0 Å². The van der Waals surface area contributed by atoms with Crippen molar-refractivity contribution >= 4 is 11.9 Å². The van der Waals surface area contributed by atoms with Crippen molar-refractivity contribution in [1.29, 1.82) is 0 Å². The first-order valence-corrected chi connectivity index (χ1v) is 5.41. The van der Waals surface area contributed by atoms with Crippen molar-refractivity contribution in [3.8, 4) is 5.75 Å². The summed E-state index contributed by atoms with van der Waals surface area (Å²) in [6, 6.07) is 7.41. The number of cyclic esters (lactones) is 2. The number of esters is 2. The van der Waals surface area contributed by atoms with Gasteiger partial charge in [0, 0.05) is 5.41 Å². The zero-order chi connectivity index (χ0) is 12.5. The van der Waals surface area contributed by atoms with Gasteiger partial charge in [-0.1, -0.05) is 19.1 Å². The van der Waals surface area contributed by atoms with E-state index in [0.29, 0.717) is 0 Å². The van der Waals surface area contributed by atoms with E-state index in [1.807, 2.05) is 31.2 Å². The maximum atomic E-state index is 11.3. The van der Waals surface area contributed by atoms with Gasteiger partial charge in [0.05, 0.1) is 20.0 Å². The highest BCUT2D eigenvalue weighted by Gasteiger charge is 2.38. The van der Waals surface area contributed by atoms with Gasteiger partial charge in [0.15, 0.2) is 0 Å². The molecule has 0 radical (unpaired) electrons. The van der Waals surface area contributed by atoms with Crippen molar-refractivity contribution in [3.05, 3.63) is 29.8 Å². The van der Waals surface area contributed by atoms with E-state index in [0.717, 1.165) is 11.3 Å². The summed E-state index contributed by atoms with van der Waals surface area (Å²) in [6.45, 7) is 1.90. The van der Waals surface area contributed by atoms with Gasteiger partial charge in [0.25, 0.3) is 0 Å². The number of methoxy groups -OCH3 is 1. The Balaban J connectivity index is 2.29. The molecule has 1 aromatic carbocycles. The van der Waals surface area contributed by atoms with E-state index in [9.17, 15) is 9.59 Å². The van der Waals surface area contributed by atoms with Crippen LogP contribution in [0, 0.1) is 0 Å². The minimum absolute atomic E-state index is 0.227. The van der Waals surface area contributed by atoms with E-state index in [2.05, 4.69) is 4.74 Å². The largest absolute Gasteiger partial charge is 0.497 e. The number of hydrogen-bond acceptors (Lipinski definition) is 4. The summed E-state index contributed by atoms with van der Waals surface area (Å²) in [7, 11) is 1.60. The number of benzene rings is 1. The summed E-state index contributed by atoms with van der Waals surface area (Å²) in [5.74, 6) is -0.166. The van der Waals surface area contributed by atoms with Gasteiger partial charge in [-0.3, -0.25) is 9.59 Å². The first kappa shape index (κ1) is 11.6. The van der Waals surface area contributed by atoms with Crippen LogP contribution in [-0.4, -0.2) is 19.0 Å². The zero-order valence-corrected chi connectivity index (χ0v) is 9.86. The Kier molecular flexibility index (Phi) is 2.88. The van der Waals surface area contributed by atoms with E-state index in [4.69, 9.17) is 4.74 Å². The number of ether oxygens (including phenoxy) is 2. The van der Waals surface area contributed by atoms with Crippen molar-refractivity contribution in [2.75, 3.05) is 7.11 Å². The molecule has 1 aliphatic heterocycles. The molecule has 1 aromatic rings. The minimum Gasteiger partial charge on any atom is -0.497 e. The maximum absolute atomic E-state index is 11.3. The third-order valence-corrected chi connectivity index (χ3v) is 3.08. The predicted molar refractivity (Wildman–Crippen MR) is 60.7 cm³/mol. The molecule has 0 aromatic heterocycles. The molecule has 4 heteroatoms. The van der Waals surface area contributed by atoms with Crippen LogP contribution < -0.4 is 4.74 Å². The summed E-state index contributed by atoms with van der Waals surface area (Å²) >= 11 is 0. The summed E-state index contributed by atoms with van der Waals surface area (Å²) in [6.07, 6.45) is 0.455. The van der Waals surface area contributed by atoms with Crippen LogP contribution in [0.1, 0.15) is 25.3 Å². The summed E-state index contributed by atoms with van der Waals surface area (Å²) in [4.78, 5) is 22.6. The lowest BCUT2D eigenvalue weighted by atomic mass is 9.75. The average Bonchev–Trinajstić information content (AvgIpc) is 2.27. The predicted octanol–water partition coefficient (Wildman–Crippen LogP) is 1.82. The van der Waals surface area contributed by atoms with Crippen LogP contribution >= 0.6 is 0 Å². The Morgan fingerprint density at radius 1 is 1.12 bits per heavy atom. The second-order valence-electron chi connectivity index (χ2n) is 4.49. The van der Waals surface area contributed by atoms with Crippen molar-refractivity contribution in [1.82, 2.24) is 0 Å². The minimum atomic E-state index is -0.474. The molecule has 0 N–H and O–H groups in total. The quantitative estimate of drug-likeness (QED) is 0.578. The van der Waals surface area contributed by atoms with Gasteiger partial charge in [-0.2, -0.15) is 0 Å². The molecule has 17 heavy (non-hydrogen) atoms. The molecule has 0 spiro atoms. The van der Waals surface area contributed by atoms with E-state index in [-0.39, 0.29) is 12.8 Å². The topological polar surface area (TPSA) is 52.6 Å². The molecule has 0 bridgehead atoms. The van der Waals surface area contributed by atoms with E-state index >= 15 is 0 Å². The molecule has 1 fully saturated rings. The molecule has 1 heterocycles. The average molecular weight is 234 g/mol. The number of carbonyl (C=O) groups excluding carboxylic acids is 2. The van der Waals surface area contributed by atoms with Gasteiger partial charge in [-0.15, -0.1) is 0 Å². The lowest BCUT2D eigenvalue weighted by Gasteiger charge is -2.31. The van der Waals surface area contributed by atoms with Crippen LogP contribution in [0.25, 0.3) is 0 Å². The van der Waals surface area contributed by atoms with E-state index < -0.39 is 17.4 Å². The van der Waals surface area contributed by atoms with Gasteiger partial charge in [-0.25, -0.2) is 0 Å². The molecule has 2 rings (SSSR count). The van der Waals surface area contributed by atoms with Gasteiger partial charge in [-0.05, 0) is 17.7 Å². The van der Waals surface area contributed by atoms with E-state index in [1.165, 1.54) is 0 Å². The second kappa shape index (κ2) is 4.20. The number of carbonyl (C=O) groups is 2. The molecule has 0 saturated carbocycles.